The molecule has 0 aliphatic rings. The van der Waals surface area contributed by atoms with Crippen LogP contribution in [0.25, 0.3) is 0 Å². The molecular weight excluding hydrogens is 373 g/mol. The largest absolute Gasteiger partial charge is 0.416 e. The summed E-state index contributed by atoms with van der Waals surface area (Å²) in [7, 11) is 1.64. The zero-order valence-electron chi connectivity index (χ0n) is 15.5. The number of nitrogens with one attached hydrogen (secondary N) is 3. The Balaban J connectivity index is 1.64. The zero-order chi connectivity index (χ0) is 20.4. The molecule has 3 N–H and O–H groups in total. The average Bonchev–Trinajstić information content (AvgIpc) is 3.19. The van der Waals surface area contributed by atoms with Crippen molar-refractivity contribution >= 4 is 11.9 Å². The van der Waals surface area contributed by atoms with Crippen molar-refractivity contribution in [3.8, 4) is 0 Å². The Morgan fingerprint density at radius 1 is 1.11 bits per heavy atom. The molecule has 1 aromatic heterocycles. The van der Waals surface area contributed by atoms with E-state index in [9.17, 15) is 18.0 Å². The molecule has 0 fully saturated rings. The molecule has 10 heteroatoms. The van der Waals surface area contributed by atoms with Crippen molar-refractivity contribution in [2.75, 3.05) is 26.7 Å². The number of hydrogen-bond acceptors (Lipinski definition) is 3. The Hall–Kier alpha value is -3.04. The number of alkyl halides is 3. The number of carbonyl (C=O) groups excluding carboxylic acids is 1. The lowest BCUT2D eigenvalue weighted by Crippen LogP contribution is -2.42. The number of nitrogens with zero attached hydrogens (tertiary/aromatic N) is 3. The van der Waals surface area contributed by atoms with E-state index in [2.05, 4.69) is 26.0 Å². The second-order valence-electron chi connectivity index (χ2n) is 5.88. The van der Waals surface area contributed by atoms with Gasteiger partial charge in [0.1, 0.15) is 0 Å². The van der Waals surface area contributed by atoms with Crippen molar-refractivity contribution in [3.05, 3.63) is 53.9 Å². The molecule has 1 aromatic carbocycles. The fourth-order valence-electron chi connectivity index (χ4n) is 2.37. The minimum atomic E-state index is -4.42. The van der Waals surface area contributed by atoms with Gasteiger partial charge in [-0.25, -0.2) is 0 Å². The number of rotatable bonds is 8. The molecule has 0 saturated heterocycles. The van der Waals surface area contributed by atoms with Gasteiger partial charge in [0.2, 0.25) is 0 Å². The van der Waals surface area contributed by atoms with Gasteiger partial charge in [0.25, 0.3) is 5.91 Å². The summed E-state index contributed by atoms with van der Waals surface area (Å²) < 4.78 is 39.4. The van der Waals surface area contributed by atoms with Gasteiger partial charge >= 0.3 is 6.18 Å². The molecule has 152 valence electrons. The number of aryl methyl sites for hydroxylation is 1. The predicted octanol–water partition coefficient (Wildman–Crippen LogP) is 1.89. The van der Waals surface area contributed by atoms with Gasteiger partial charge in [0, 0.05) is 51.2 Å². The van der Waals surface area contributed by atoms with E-state index in [4.69, 9.17) is 0 Å². The van der Waals surface area contributed by atoms with E-state index in [1.807, 2.05) is 16.9 Å². The van der Waals surface area contributed by atoms with Crippen LogP contribution >= 0.6 is 0 Å². The first-order chi connectivity index (χ1) is 13.4. The van der Waals surface area contributed by atoms with Crippen molar-refractivity contribution in [2.24, 2.45) is 4.99 Å². The predicted molar refractivity (Wildman–Crippen MR) is 100.0 cm³/mol. The van der Waals surface area contributed by atoms with Crippen LogP contribution in [0.1, 0.15) is 22.3 Å². The van der Waals surface area contributed by atoms with Gasteiger partial charge < -0.3 is 16.0 Å². The first kappa shape index (κ1) is 21.3. The van der Waals surface area contributed by atoms with E-state index in [1.165, 1.54) is 0 Å². The molecule has 0 aliphatic carbocycles. The number of guanidine groups is 1. The minimum Gasteiger partial charge on any atom is -0.356 e. The van der Waals surface area contributed by atoms with Crippen molar-refractivity contribution in [1.29, 1.82) is 0 Å². The molecule has 0 spiro atoms. The van der Waals surface area contributed by atoms with E-state index < -0.39 is 17.6 Å². The maximum atomic E-state index is 12.5. The monoisotopic (exact) mass is 396 g/mol. The molecule has 0 atom stereocenters. The lowest BCUT2D eigenvalue weighted by Gasteiger charge is -2.12. The van der Waals surface area contributed by atoms with Crippen LogP contribution in [0.2, 0.25) is 0 Å². The van der Waals surface area contributed by atoms with Crippen LogP contribution in [0.5, 0.6) is 0 Å². The number of halogens is 3. The lowest BCUT2D eigenvalue weighted by molar-refractivity contribution is -0.137. The number of hydrogen-bond donors (Lipinski definition) is 3. The zero-order valence-corrected chi connectivity index (χ0v) is 15.5. The fraction of sp³-hybridized carbons (Fsp3) is 0.389. The number of benzene rings is 1. The van der Waals surface area contributed by atoms with Crippen LogP contribution in [-0.4, -0.2) is 48.3 Å². The molecule has 0 unspecified atom stereocenters. The third-order valence-corrected chi connectivity index (χ3v) is 3.82. The normalized spacial score (nSPS) is 11.9. The van der Waals surface area contributed by atoms with Crippen LogP contribution < -0.4 is 16.0 Å². The van der Waals surface area contributed by atoms with Crippen LogP contribution in [-0.2, 0) is 12.7 Å². The maximum absolute atomic E-state index is 12.5. The second-order valence-corrected chi connectivity index (χ2v) is 5.88. The van der Waals surface area contributed by atoms with Crippen molar-refractivity contribution < 1.29 is 18.0 Å². The Bertz CT molecular complexity index is 757. The highest BCUT2D eigenvalue weighted by Crippen LogP contribution is 2.28. The van der Waals surface area contributed by atoms with E-state index in [1.54, 1.807) is 13.2 Å². The van der Waals surface area contributed by atoms with Crippen LogP contribution in [0.4, 0.5) is 13.2 Å². The molecule has 1 amide bonds. The smallest absolute Gasteiger partial charge is 0.356 e. The SMILES string of the molecule is CN=C(NCCCn1cccn1)NCCNC(=O)c1ccc(C(F)(F)F)cc1. The van der Waals surface area contributed by atoms with Gasteiger partial charge in [-0.05, 0) is 36.8 Å². The minimum absolute atomic E-state index is 0.175. The summed E-state index contributed by atoms with van der Waals surface area (Å²) in [5.74, 6) is 0.168. The third kappa shape index (κ3) is 6.93. The van der Waals surface area contributed by atoms with Crippen LogP contribution in [0.3, 0.4) is 0 Å². The number of aromatic nitrogens is 2. The molecule has 2 rings (SSSR count). The van der Waals surface area contributed by atoms with Crippen LogP contribution in [0.15, 0.2) is 47.7 Å². The van der Waals surface area contributed by atoms with E-state index in [0.717, 1.165) is 37.2 Å². The summed E-state index contributed by atoms with van der Waals surface area (Å²) in [5.41, 5.74) is -0.609. The molecule has 0 bridgehead atoms. The quantitative estimate of drug-likeness (QED) is 0.362. The van der Waals surface area contributed by atoms with Crippen LogP contribution in [0, 0.1) is 0 Å². The number of carbonyl (C=O) groups is 1. The number of amides is 1. The standard InChI is InChI=1S/C18H23F3N6O/c1-22-17(24-8-2-12-27-13-3-9-26-27)25-11-10-23-16(28)14-4-6-15(7-5-14)18(19,20)21/h3-7,9,13H,2,8,10-12H2,1H3,(H,23,28)(H2,22,24,25). The van der Waals surface area contributed by atoms with E-state index in [0.29, 0.717) is 25.6 Å². The lowest BCUT2D eigenvalue weighted by atomic mass is 10.1. The first-order valence-corrected chi connectivity index (χ1v) is 8.77. The molecule has 1 heterocycles. The number of aliphatic imine (C=N–C) groups is 1. The summed E-state index contributed by atoms with van der Waals surface area (Å²) in [6.45, 7) is 2.22. The summed E-state index contributed by atoms with van der Waals surface area (Å²) in [6.07, 6.45) is 0.0759. The summed E-state index contributed by atoms with van der Waals surface area (Å²) in [6, 6.07) is 5.97. The van der Waals surface area contributed by atoms with E-state index >= 15 is 0 Å². The van der Waals surface area contributed by atoms with Gasteiger partial charge in [-0.1, -0.05) is 0 Å². The van der Waals surface area contributed by atoms with Gasteiger partial charge in [-0.3, -0.25) is 14.5 Å². The molecule has 7 nitrogen and oxygen atoms in total. The van der Waals surface area contributed by atoms with Gasteiger partial charge in [0.05, 0.1) is 5.56 Å². The Morgan fingerprint density at radius 3 is 2.39 bits per heavy atom. The summed E-state index contributed by atoms with van der Waals surface area (Å²) >= 11 is 0. The first-order valence-electron chi connectivity index (χ1n) is 8.77. The second kappa shape index (κ2) is 10.3. The van der Waals surface area contributed by atoms with E-state index in [-0.39, 0.29) is 5.56 Å². The summed E-state index contributed by atoms with van der Waals surface area (Å²) in [5, 5.41) is 13.0. The highest BCUT2D eigenvalue weighted by molar-refractivity contribution is 5.94. The van der Waals surface area contributed by atoms with Gasteiger partial charge in [0.15, 0.2) is 5.96 Å². The molecule has 0 saturated carbocycles. The maximum Gasteiger partial charge on any atom is 0.416 e. The Kier molecular flexibility index (Phi) is 7.85. The molecule has 0 aliphatic heterocycles. The average molecular weight is 396 g/mol. The topological polar surface area (TPSA) is 83.3 Å². The molecular formula is C18H23F3N6O. The summed E-state index contributed by atoms with van der Waals surface area (Å²) in [4.78, 5) is 16.1. The Labute approximate surface area is 161 Å². The third-order valence-electron chi connectivity index (χ3n) is 3.82. The fourth-order valence-corrected chi connectivity index (χ4v) is 2.37. The highest BCUT2D eigenvalue weighted by atomic mass is 19.4. The Morgan fingerprint density at radius 2 is 1.79 bits per heavy atom. The van der Waals surface area contributed by atoms with Crippen molar-refractivity contribution in [1.82, 2.24) is 25.7 Å². The molecule has 2 aromatic rings. The van der Waals surface area contributed by atoms with Gasteiger partial charge in [-0.15, -0.1) is 0 Å². The van der Waals surface area contributed by atoms with Gasteiger partial charge in [-0.2, -0.15) is 18.3 Å². The van der Waals surface area contributed by atoms with Crippen molar-refractivity contribution in [3.63, 3.8) is 0 Å². The van der Waals surface area contributed by atoms with Crippen molar-refractivity contribution in [2.45, 2.75) is 19.1 Å². The highest BCUT2D eigenvalue weighted by Gasteiger charge is 2.30. The molecule has 0 radical (unpaired) electrons. The molecule has 28 heavy (non-hydrogen) atoms.